The SMILES string of the molecule is Cl.O=C(Nc1nc2cc(F)c(F)cc2s1)[C@@]12CCCC[C@H]1CNC2. The topological polar surface area (TPSA) is 54.0 Å². The smallest absolute Gasteiger partial charge is 0.233 e. The molecule has 0 spiro atoms. The molecule has 1 aliphatic carbocycles. The molecule has 0 bridgehead atoms. The second-order valence-corrected chi connectivity index (χ2v) is 7.47. The Labute approximate surface area is 148 Å². The highest BCUT2D eigenvalue weighted by molar-refractivity contribution is 7.22. The van der Waals surface area contributed by atoms with E-state index in [0.717, 1.165) is 37.9 Å². The van der Waals surface area contributed by atoms with Gasteiger partial charge in [-0.25, -0.2) is 13.8 Å². The number of fused-ring (bicyclic) bond motifs is 2. The Morgan fingerprint density at radius 2 is 2.12 bits per heavy atom. The van der Waals surface area contributed by atoms with E-state index in [1.165, 1.54) is 17.8 Å². The molecule has 1 amide bonds. The zero-order valence-electron chi connectivity index (χ0n) is 12.9. The maximum Gasteiger partial charge on any atom is 0.233 e. The molecule has 2 aromatic rings. The van der Waals surface area contributed by atoms with Crippen LogP contribution in [0.3, 0.4) is 0 Å². The Hall–Kier alpha value is -1.31. The number of nitrogens with one attached hydrogen (secondary N) is 2. The zero-order chi connectivity index (χ0) is 16.0. The summed E-state index contributed by atoms with van der Waals surface area (Å²) in [7, 11) is 0. The lowest BCUT2D eigenvalue weighted by Crippen LogP contribution is -2.44. The first-order valence-electron chi connectivity index (χ1n) is 7.86. The van der Waals surface area contributed by atoms with Gasteiger partial charge in [0.15, 0.2) is 16.8 Å². The van der Waals surface area contributed by atoms with Gasteiger partial charge in [0.1, 0.15) is 0 Å². The van der Waals surface area contributed by atoms with Crippen LogP contribution in [-0.2, 0) is 4.79 Å². The molecule has 2 N–H and O–H groups in total. The molecule has 1 aromatic heterocycles. The summed E-state index contributed by atoms with van der Waals surface area (Å²) in [4.78, 5) is 17.1. The number of hydrogen-bond donors (Lipinski definition) is 2. The van der Waals surface area contributed by atoms with E-state index in [1.807, 2.05) is 0 Å². The molecule has 2 aliphatic rings. The number of anilines is 1. The fourth-order valence-electron chi connectivity index (χ4n) is 3.89. The lowest BCUT2D eigenvalue weighted by molar-refractivity contribution is -0.128. The second kappa shape index (κ2) is 6.54. The molecule has 1 saturated carbocycles. The van der Waals surface area contributed by atoms with E-state index in [1.54, 1.807) is 0 Å². The predicted molar refractivity (Wildman–Crippen MR) is 92.7 cm³/mol. The van der Waals surface area contributed by atoms with Gasteiger partial charge in [-0.05, 0) is 31.4 Å². The van der Waals surface area contributed by atoms with Crippen molar-refractivity contribution in [1.29, 1.82) is 0 Å². The maximum atomic E-state index is 13.3. The van der Waals surface area contributed by atoms with Crippen LogP contribution in [0.15, 0.2) is 12.1 Å². The van der Waals surface area contributed by atoms with Gasteiger partial charge in [-0.1, -0.05) is 24.2 Å². The Kier molecular flexibility index (Phi) is 4.77. The van der Waals surface area contributed by atoms with Crippen molar-refractivity contribution in [2.45, 2.75) is 25.7 Å². The van der Waals surface area contributed by atoms with Crippen molar-refractivity contribution in [3.63, 3.8) is 0 Å². The van der Waals surface area contributed by atoms with Gasteiger partial charge in [-0.2, -0.15) is 0 Å². The molecule has 2 heterocycles. The maximum absolute atomic E-state index is 13.3. The van der Waals surface area contributed by atoms with Gasteiger partial charge in [0.25, 0.3) is 0 Å². The Balaban J connectivity index is 0.00000169. The largest absolute Gasteiger partial charge is 0.315 e. The first kappa shape index (κ1) is 17.5. The number of amides is 1. The predicted octanol–water partition coefficient (Wildman–Crippen LogP) is 3.71. The van der Waals surface area contributed by atoms with E-state index in [0.29, 0.717) is 27.8 Å². The van der Waals surface area contributed by atoms with Crippen LogP contribution >= 0.6 is 23.7 Å². The molecular formula is C16H18ClF2N3OS. The number of nitrogens with zero attached hydrogens (tertiary/aromatic N) is 1. The minimum absolute atomic E-state index is 0. The van der Waals surface area contributed by atoms with Crippen molar-refractivity contribution < 1.29 is 13.6 Å². The van der Waals surface area contributed by atoms with Gasteiger partial charge in [-0.15, -0.1) is 12.4 Å². The van der Waals surface area contributed by atoms with Gasteiger partial charge in [0, 0.05) is 12.6 Å². The van der Waals surface area contributed by atoms with Gasteiger partial charge < -0.3 is 10.6 Å². The highest BCUT2D eigenvalue weighted by atomic mass is 35.5. The first-order valence-corrected chi connectivity index (χ1v) is 8.68. The number of halogens is 3. The molecule has 1 aliphatic heterocycles. The summed E-state index contributed by atoms with van der Waals surface area (Å²) in [5.74, 6) is -1.48. The van der Waals surface area contributed by atoms with Crippen molar-refractivity contribution in [1.82, 2.24) is 10.3 Å². The molecular weight excluding hydrogens is 356 g/mol. The summed E-state index contributed by atoms with van der Waals surface area (Å²) >= 11 is 1.17. The lowest BCUT2D eigenvalue weighted by atomic mass is 9.68. The third-order valence-electron chi connectivity index (χ3n) is 5.14. The average molecular weight is 374 g/mol. The average Bonchev–Trinajstić information content (AvgIpc) is 3.12. The monoisotopic (exact) mass is 373 g/mol. The number of aromatic nitrogens is 1. The van der Waals surface area contributed by atoms with E-state index < -0.39 is 11.6 Å². The number of rotatable bonds is 2. The number of benzene rings is 1. The second-order valence-electron chi connectivity index (χ2n) is 6.44. The van der Waals surface area contributed by atoms with Crippen molar-refractivity contribution in [2.75, 3.05) is 18.4 Å². The minimum atomic E-state index is -0.924. The standard InChI is InChI=1S/C16H17F2N3OS.ClH/c17-10-5-12-13(6-11(10)18)23-15(20-12)21-14(22)16-4-2-1-3-9(16)7-19-8-16;/h5-6,9,19H,1-4,7-8H2,(H,20,21,22);1H/t9-,16+;/m0./s1. The molecule has 1 aromatic carbocycles. The minimum Gasteiger partial charge on any atom is -0.315 e. The molecule has 4 nitrogen and oxygen atoms in total. The summed E-state index contributed by atoms with van der Waals surface area (Å²) in [6.45, 7) is 1.57. The highest BCUT2D eigenvalue weighted by Gasteiger charge is 2.50. The van der Waals surface area contributed by atoms with Crippen LogP contribution in [0, 0.1) is 23.0 Å². The summed E-state index contributed by atoms with van der Waals surface area (Å²) in [6.07, 6.45) is 4.17. The molecule has 8 heteroatoms. The number of carbonyl (C=O) groups excluding carboxylic acids is 1. The quantitative estimate of drug-likeness (QED) is 0.843. The van der Waals surface area contributed by atoms with Crippen LogP contribution in [0.25, 0.3) is 10.2 Å². The Morgan fingerprint density at radius 3 is 2.96 bits per heavy atom. The van der Waals surface area contributed by atoms with Gasteiger partial charge in [0.2, 0.25) is 5.91 Å². The molecule has 4 rings (SSSR count). The van der Waals surface area contributed by atoms with Crippen LogP contribution in [0.2, 0.25) is 0 Å². The van der Waals surface area contributed by atoms with Crippen LogP contribution in [0.5, 0.6) is 0 Å². The summed E-state index contributed by atoms with van der Waals surface area (Å²) < 4.78 is 27.1. The van der Waals surface area contributed by atoms with Crippen LogP contribution in [0.4, 0.5) is 13.9 Å². The lowest BCUT2D eigenvalue weighted by Gasteiger charge is -2.36. The van der Waals surface area contributed by atoms with E-state index in [-0.39, 0.29) is 23.7 Å². The molecule has 1 saturated heterocycles. The molecule has 24 heavy (non-hydrogen) atoms. The van der Waals surface area contributed by atoms with E-state index >= 15 is 0 Å². The molecule has 130 valence electrons. The molecule has 0 radical (unpaired) electrons. The van der Waals surface area contributed by atoms with Crippen molar-refractivity contribution >= 4 is 45.0 Å². The van der Waals surface area contributed by atoms with Crippen molar-refractivity contribution in [2.24, 2.45) is 11.3 Å². The van der Waals surface area contributed by atoms with Crippen LogP contribution in [0.1, 0.15) is 25.7 Å². The van der Waals surface area contributed by atoms with E-state index in [9.17, 15) is 13.6 Å². The molecule has 2 atom stereocenters. The number of carbonyl (C=O) groups is 1. The summed E-state index contributed by atoms with van der Waals surface area (Å²) in [5, 5.41) is 6.63. The van der Waals surface area contributed by atoms with E-state index in [2.05, 4.69) is 15.6 Å². The van der Waals surface area contributed by atoms with Crippen molar-refractivity contribution in [3.05, 3.63) is 23.8 Å². The highest BCUT2D eigenvalue weighted by Crippen LogP contribution is 2.44. The van der Waals surface area contributed by atoms with Gasteiger partial charge in [-0.3, -0.25) is 4.79 Å². The van der Waals surface area contributed by atoms with E-state index in [4.69, 9.17) is 0 Å². The summed E-state index contributed by atoms with van der Waals surface area (Å²) in [6, 6.07) is 2.19. The fraction of sp³-hybridized carbons (Fsp3) is 0.500. The third-order valence-corrected chi connectivity index (χ3v) is 6.07. The Morgan fingerprint density at radius 1 is 1.33 bits per heavy atom. The fourth-order valence-corrected chi connectivity index (χ4v) is 4.76. The first-order chi connectivity index (χ1) is 11.1. The van der Waals surface area contributed by atoms with Gasteiger partial charge in [0.05, 0.1) is 15.6 Å². The Bertz CT molecular complexity index is 745. The molecule has 2 fully saturated rings. The summed E-state index contributed by atoms with van der Waals surface area (Å²) in [5.41, 5.74) is -0.00137. The number of thiazole rings is 1. The third kappa shape index (κ3) is 2.78. The normalized spacial score (nSPS) is 26.0. The number of hydrogen-bond acceptors (Lipinski definition) is 4. The van der Waals surface area contributed by atoms with Gasteiger partial charge >= 0.3 is 0 Å². The molecule has 0 unspecified atom stereocenters. The zero-order valence-corrected chi connectivity index (χ0v) is 14.5. The van der Waals surface area contributed by atoms with Crippen molar-refractivity contribution in [3.8, 4) is 0 Å². The van der Waals surface area contributed by atoms with Crippen LogP contribution < -0.4 is 10.6 Å². The van der Waals surface area contributed by atoms with Crippen LogP contribution in [-0.4, -0.2) is 24.0 Å².